The Hall–Kier alpha value is -0.480. The lowest BCUT2D eigenvalue weighted by Gasteiger charge is -2.22. The molecule has 0 N–H and O–H groups in total. The van der Waals surface area contributed by atoms with Gasteiger partial charge in [-0.15, -0.1) is 11.6 Å². The number of halogens is 1. The summed E-state index contributed by atoms with van der Waals surface area (Å²) in [6.07, 6.45) is 6.38. The summed E-state index contributed by atoms with van der Waals surface area (Å²) in [4.78, 5) is 3.26. The normalized spacial score (nSPS) is 21.4. The van der Waals surface area contributed by atoms with E-state index >= 15 is 0 Å². The third-order valence-electron chi connectivity index (χ3n) is 2.64. The van der Waals surface area contributed by atoms with Gasteiger partial charge in [0.05, 0.1) is 6.57 Å². The number of hydrogen-bond donors (Lipinski definition) is 0. The van der Waals surface area contributed by atoms with Gasteiger partial charge >= 0.3 is 0 Å². The Labute approximate surface area is 79.2 Å². The fourth-order valence-corrected chi connectivity index (χ4v) is 1.95. The van der Waals surface area contributed by atoms with E-state index in [1.807, 2.05) is 6.92 Å². The average molecular weight is 184 g/mol. The fraction of sp³-hybridized carbons (Fsp3) is 0.700. The van der Waals surface area contributed by atoms with Gasteiger partial charge in [-0.3, -0.25) is 0 Å². The topological polar surface area (TPSA) is 4.36 Å². The molecule has 0 radical (unpaired) electrons. The van der Waals surface area contributed by atoms with Crippen molar-refractivity contribution in [1.82, 2.24) is 0 Å². The van der Waals surface area contributed by atoms with E-state index in [0.29, 0.717) is 11.1 Å². The van der Waals surface area contributed by atoms with Gasteiger partial charge in [-0.2, -0.15) is 0 Å². The summed E-state index contributed by atoms with van der Waals surface area (Å²) in [6, 6.07) is 0. The van der Waals surface area contributed by atoms with Crippen LogP contribution in [0.1, 0.15) is 39.0 Å². The van der Waals surface area contributed by atoms with Crippen molar-refractivity contribution >= 4 is 11.6 Å². The van der Waals surface area contributed by atoms with Crippen LogP contribution in [0.25, 0.3) is 4.85 Å². The number of hydrogen-bond acceptors (Lipinski definition) is 0. The number of nitrogens with zero attached hydrogens (tertiary/aromatic N) is 1. The zero-order valence-corrected chi connectivity index (χ0v) is 8.19. The Morgan fingerprint density at radius 3 is 2.42 bits per heavy atom. The molecule has 0 aromatic carbocycles. The van der Waals surface area contributed by atoms with E-state index in [-0.39, 0.29) is 0 Å². The van der Waals surface area contributed by atoms with Gasteiger partial charge < -0.3 is 0 Å². The summed E-state index contributed by atoms with van der Waals surface area (Å²) < 4.78 is 0. The standard InChI is InChI=1S/C10H14ClN/c1-8(10(11)12-2)9-6-4-3-5-7-9/h9H,3-7H2,1H3/b10-8+. The highest BCUT2D eigenvalue weighted by Gasteiger charge is 2.16. The Morgan fingerprint density at radius 2 is 1.92 bits per heavy atom. The molecule has 0 spiro atoms. The molecule has 1 aliphatic carbocycles. The predicted molar refractivity (Wildman–Crippen MR) is 51.7 cm³/mol. The van der Waals surface area contributed by atoms with Crippen LogP contribution in [-0.4, -0.2) is 0 Å². The van der Waals surface area contributed by atoms with Crippen LogP contribution in [0.4, 0.5) is 0 Å². The number of allylic oxidation sites excluding steroid dienone is 1. The minimum Gasteiger partial charge on any atom is -0.225 e. The van der Waals surface area contributed by atoms with Gasteiger partial charge in [0.1, 0.15) is 0 Å². The van der Waals surface area contributed by atoms with Crippen LogP contribution >= 0.6 is 11.6 Å². The first-order valence-corrected chi connectivity index (χ1v) is 4.87. The molecular formula is C10H14ClN. The Kier molecular flexibility index (Phi) is 3.62. The predicted octanol–water partition coefficient (Wildman–Crippen LogP) is 3.96. The molecule has 0 heterocycles. The first kappa shape index (κ1) is 9.61. The molecule has 0 aromatic rings. The molecule has 1 nitrogen and oxygen atoms in total. The third kappa shape index (κ3) is 2.25. The third-order valence-corrected chi connectivity index (χ3v) is 3.02. The van der Waals surface area contributed by atoms with Crippen molar-refractivity contribution in [3.05, 3.63) is 22.1 Å². The Bertz CT molecular complexity index is 218. The maximum atomic E-state index is 6.79. The molecule has 66 valence electrons. The lowest BCUT2D eigenvalue weighted by Crippen LogP contribution is -2.07. The maximum absolute atomic E-state index is 6.79. The van der Waals surface area contributed by atoms with E-state index in [1.54, 1.807) is 0 Å². The van der Waals surface area contributed by atoms with Gasteiger partial charge in [0.2, 0.25) is 0 Å². The van der Waals surface area contributed by atoms with Crippen LogP contribution in [0.5, 0.6) is 0 Å². The van der Waals surface area contributed by atoms with Crippen molar-refractivity contribution in [3.8, 4) is 0 Å². The summed E-state index contributed by atoms with van der Waals surface area (Å²) in [5, 5.41) is 0.391. The Balaban J connectivity index is 2.63. The van der Waals surface area contributed by atoms with Crippen LogP contribution in [0.2, 0.25) is 0 Å². The second-order valence-electron chi connectivity index (χ2n) is 3.42. The highest BCUT2D eigenvalue weighted by Crippen LogP contribution is 2.32. The first-order chi connectivity index (χ1) is 5.75. The quantitative estimate of drug-likeness (QED) is 0.428. The highest BCUT2D eigenvalue weighted by atomic mass is 35.5. The van der Waals surface area contributed by atoms with Crippen molar-refractivity contribution in [2.75, 3.05) is 0 Å². The van der Waals surface area contributed by atoms with Crippen molar-refractivity contribution < 1.29 is 0 Å². The molecule has 1 saturated carbocycles. The molecule has 12 heavy (non-hydrogen) atoms. The minimum absolute atomic E-state index is 0.391. The van der Waals surface area contributed by atoms with Crippen LogP contribution in [0.3, 0.4) is 0 Å². The van der Waals surface area contributed by atoms with Crippen LogP contribution in [0.15, 0.2) is 10.7 Å². The first-order valence-electron chi connectivity index (χ1n) is 4.49. The van der Waals surface area contributed by atoms with Crippen molar-refractivity contribution in [3.63, 3.8) is 0 Å². The molecule has 0 unspecified atom stereocenters. The van der Waals surface area contributed by atoms with E-state index in [2.05, 4.69) is 4.85 Å². The zero-order chi connectivity index (χ0) is 8.97. The van der Waals surface area contributed by atoms with Gasteiger partial charge in [0, 0.05) is 0 Å². The lowest BCUT2D eigenvalue weighted by molar-refractivity contribution is 0.402. The zero-order valence-electron chi connectivity index (χ0n) is 7.44. The molecule has 2 heteroatoms. The van der Waals surface area contributed by atoms with E-state index in [1.165, 1.54) is 32.1 Å². The summed E-state index contributed by atoms with van der Waals surface area (Å²) >= 11 is 5.77. The monoisotopic (exact) mass is 183 g/mol. The summed E-state index contributed by atoms with van der Waals surface area (Å²) in [5.41, 5.74) is 1.10. The van der Waals surface area contributed by atoms with Gasteiger partial charge in [-0.05, 0) is 18.8 Å². The van der Waals surface area contributed by atoms with Crippen molar-refractivity contribution in [1.29, 1.82) is 0 Å². The average Bonchev–Trinajstić information content (AvgIpc) is 2.17. The van der Waals surface area contributed by atoms with Crippen molar-refractivity contribution in [2.45, 2.75) is 39.0 Å². The van der Waals surface area contributed by atoms with E-state index in [9.17, 15) is 0 Å². The molecule has 0 saturated heterocycles. The second kappa shape index (κ2) is 4.52. The smallest absolute Gasteiger partial charge is 0.225 e. The molecule has 1 fully saturated rings. The molecular weight excluding hydrogens is 170 g/mol. The van der Waals surface area contributed by atoms with Crippen LogP contribution in [0, 0.1) is 12.5 Å². The maximum Gasteiger partial charge on any atom is 0.251 e. The van der Waals surface area contributed by atoms with E-state index in [4.69, 9.17) is 18.2 Å². The largest absolute Gasteiger partial charge is 0.251 e. The molecule has 0 amide bonds. The van der Waals surface area contributed by atoms with Crippen LogP contribution in [-0.2, 0) is 0 Å². The summed E-state index contributed by atoms with van der Waals surface area (Å²) in [5.74, 6) is 0.584. The molecule has 0 atom stereocenters. The molecule has 0 aliphatic heterocycles. The summed E-state index contributed by atoms with van der Waals surface area (Å²) in [7, 11) is 0. The van der Waals surface area contributed by atoms with Crippen molar-refractivity contribution in [2.24, 2.45) is 5.92 Å². The van der Waals surface area contributed by atoms with Gasteiger partial charge in [0.15, 0.2) is 0 Å². The molecule has 1 rings (SSSR count). The number of rotatable bonds is 1. The van der Waals surface area contributed by atoms with Crippen LogP contribution < -0.4 is 0 Å². The summed E-state index contributed by atoms with van der Waals surface area (Å²) in [6.45, 7) is 8.79. The lowest BCUT2D eigenvalue weighted by atomic mass is 9.85. The van der Waals surface area contributed by atoms with E-state index in [0.717, 1.165) is 5.57 Å². The SMILES string of the molecule is [C-]#[N+]/C(Cl)=C(\C)C1CCCCC1. The van der Waals surface area contributed by atoms with Gasteiger partial charge in [0.25, 0.3) is 5.16 Å². The second-order valence-corrected chi connectivity index (χ2v) is 3.78. The van der Waals surface area contributed by atoms with Gasteiger partial charge in [-0.25, -0.2) is 4.85 Å². The van der Waals surface area contributed by atoms with Gasteiger partial charge in [-0.1, -0.05) is 31.8 Å². The fourth-order valence-electron chi connectivity index (χ4n) is 1.79. The van der Waals surface area contributed by atoms with E-state index < -0.39 is 0 Å². The highest BCUT2D eigenvalue weighted by molar-refractivity contribution is 6.31. The molecule has 0 aromatic heterocycles. The minimum atomic E-state index is 0.391. The Morgan fingerprint density at radius 1 is 1.33 bits per heavy atom. The molecule has 0 bridgehead atoms. The molecule has 1 aliphatic rings.